The SMILES string of the molecule is C=CCc1cc(C=CC(=O)c2ccc(OCOC(=O)C(C)(C)C)cc2)c(OC(C)C)cc1OC(C)C. The summed E-state index contributed by atoms with van der Waals surface area (Å²) in [6.07, 6.45) is 5.69. The summed E-state index contributed by atoms with van der Waals surface area (Å²) in [6, 6.07) is 10.5. The molecule has 6 nitrogen and oxygen atoms in total. The second-order valence-electron chi connectivity index (χ2n) is 9.99. The summed E-state index contributed by atoms with van der Waals surface area (Å²) >= 11 is 0. The molecule has 0 radical (unpaired) electrons. The maximum Gasteiger partial charge on any atom is 0.314 e. The zero-order valence-electron chi connectivity index (χ0n) is 22.4. The second-order valence-corrected chi connectivity index (χ2v) is 9.99. The van der Waals surface area contributed by atoms with Gasteiger partial charge in [0, 0.05) is 17.2 Å². The minimum absolute atomic E-state index is 0.0147. The molecular weight excluding hydrogens is 456 g/mol. The molecule has 0 aromatic heterocycles. The molecule has 0 saturated carbocycles. The topological polar surface area (TPSA) is 71.1 Å². The number of ketones is 1. The van der Waals surface area contributed by atoms with Gasteiger partial charge in [-0.15, -0.1) is 6.58 Å². The lowest BCUT2D eigenvalue weighted by Gasteiger charge is -2.19. The lowest BCUT2D eigenvalue weighted by atomic mass is 9.98. The fraction of sp³-hybridized carbons (Fsp3) is 0.400. The molecule has 2 rings (SSSR count). The minimum atomic E-state index is -0.597. The molecule has 0 aliphatic heterocycles. The predicted octanol–water partition coefficient (Wildman–Crippen LogP) is 6.81. The van der Waals surface area contributed by atoms with Crippen LogP contribution in [0, 0.1) is 5.41 Å². The summed E-state index contributed by atoms with van der Waals surface area (Å²) in [4.78, 5) is 24.6. The van der Waals surface area contributed by atoms with Gasteiger partial charge in [-0.1, -0.05) is 6.08 Å². The minimum Gasteiger partial charge on any atom is -0.491 e. The van der Waals surface area contributed by atoms with Crippen LogP contribution in [-0.4, -0.2) is 30.8 Å². The monoisotopic (exact) mass is 494 g/mol. The predicted molar refractivity (Wildman–Crippen MR) is 143 cm³/mol. The molecule has 0 aliphatic carbocycles. The van der Waals surface area contributed by atoms with Crippen molar-refractivity contribution >= 4 is 17.8 Å². The van der Waals surface area contributed by atoms with Crippen LogP contribution < -0.4 is 14.2 Å². The third-order valence-electron chi connectivity index (χ3n) is 4.86. The van der Waals surface area contributed by atoms with E-state index in [4.69, 9.17) is 18.9 Å². The molecule has 194 valence electrons. The van der Waals surface area contributed by atoms with Gasteiger partial charge in [0.1, 0.15) is 17.2 Å². The Labute approximate surface area is 214 Å². The Morgan fingerprint density at radius 2 is 1.56 bits per heavy atom. The first-order valence-electron chi connectivity index (χ1n) is 12.1. The number of ether oxygens (including phenoxy) is 4. The van der Waals surface area contributed by atoms with Crippen LogP contribution in [0.15, 0.2) is 55.1 Å². The fourth-order valence-electron chi connectivity index (χ4n) is 3.13. The number of allylic oxidation sites excluding steroid dienone is 2. The van der Waals surface area contributed by atoms with Gasteiger partial charge >= 0.3 is 5.97 Å². The normalized spacial score (nSPS) is 11.6. The van der Waals surface area contributed by atoms with Gasteiger partial charge in [0.25, 0.3) is 0 Å². The van der Waals surface area contributed by atoms with Crippen molar-refractivity contribution in [2.75, 3.05) is 6.79 Å². The lowest BCUT2D eigenvalue weighted by molar-refractivity contribution is -0.159. The zero-order chi connectivity index (χ0) is 26.9. The molecule has 36 heavy (non-hydrogen) atoms. The van der Waals surface area contributed by atoms with Crippen molar-refractivity contribution in [2.24, 2.45) is 5.41 Å². The maximum absolute atomic E-state index is 12.8. The first-order chi connectivity index (χ1) is 16.9. The largest absolute Gasteiger partial charge is 0.491 e. The van der Waals surface area contributed by atoms with Gasteiger partial charge in [-0.2, -0.15) is 0 Å². The quantitative estimate of drug-likeness (QED) is 0.106. The van der Waals surface area contributed by atoms with Crippen molar-refractivity contribution in [1.29, 1.82) is 0 Å². The summed E-state index contributed by atoms with van der Waals surface area (Å²) in [5.74, 6) is 1.38. The lowest BCUT2D eigenvalue weighted by Crippen LogP contribution is -2.24. The average Bonchev–Trinajstić information content (AvgIpc) is 2.78. The van der Waals surface area contributed by atoms with Crippen molar-refractivity contribution in [3.63, 3.8) is 0 Å². The van der Waals surface area contributed by atoms with Gasteiger partial charge in [0.2, 0.25) is 6.79 Å². The Balaban J connectivity index is 2.17. The highest BCUT2D eigenvalue weighted by molar-refractivity contribution is 6.07. The van der Waals surface area contributed by atoms with Crippen molar-refractivity contribution < 1.29 is 28.5 Å². The molecule has 0 saturated heterocycles. The number of esters is 1. The van der Waals surface area contributed by atoms with Crippen LogP contribution in [0.3, 0.4) is 0 Å². The van der Waals surface area contributed by atoms with E-state index >= 15 is 0 Å². The first kappa shape index (κ1) is 28.7. The molecule has 6 heteroatoms. The smallest absolute Gasteiger partial charge is 0.314 e. The Bertz CT molecular complexity index is 1070. The van der Waals surface area contributed by atoms with Crippen LogP contribution in [0.4, 0.5) is 0 Å². The van der Waals surface area contributed by atoms with E-state index in [1.165, 1.54) is 6.08 Å². The van der Waals surface area contributed by atoms with Crippen LogP contribution in [0.25, 0.3) is 6.08 Å². The molecule has 0 spiro atoms. The zero-order valence-corrected chi connectivity index (χ0v) is 22.4. The van der Waals surface area contributed by atoms with Gasteiger partial charge in [-0.25, -0.2) is 0 Å². The molecule has 0 atom stereocenters. The Morgan fingerprint density at radius 3 is 2.11 bits per heavy atom. The maximum atomic E-state index is 12.8. The van der Waals surface area contributed by atoms with E-state index in [2.05, 4.69) is 6.58 Å². The van der Waals surface area contributed by atoms with Crippen LogP contribution >= 0.6 is 0 Å². The molecule has 0 amide bonds. The third kappa shape index (κ3) is 8.91. The standard InChI is InChI=1S/C30H38O6/c1-9-10-23-17-24(28(36-21(4)5)18-27(23)35-20(2)3)13-16-26(31)22-11-14-25(15-12-22)33-19-34-29(32)30(6,7)8/h9,11-18,20-21H,1,10,19H2,2-8H3. The summed E-state index contributed by atoms with van der Waals surface area (Å²) < 4.78 is 22.5. The van der Waals surface area contributed by atoms with E-state index in [-0.39, 0.29) is 30.8 Å². The third-order valence-corrected chi connectivity index (χ3v) is 4.86. The molecule has 0 aliphatic rings. The molecule has 0 N–H and O–H groups in total. The summed E-state index contributed by atoms with van der Waals surface area (Å²) in [5, 5.41) is 0. The highest BCUT2D eigenvalue weighted by Crippen LogP contribution is 2.32. The van der Waals surface area contributed by atoms with E-state index in [1.54, 1.807) is 51.1 Å². The summed E-state index contributed by atoms with van der Waals surface area (Å²) in [6.45, 7) is 16.8. The number of carbonyl (C=O) groups is 2. The summed E-state index contributed by atoms with van der Waals surface area (Å²) in [7, 11) is 0. The van der Waals surface area contributed by atoms with Gasteiger partial charge in [-0.05, 0) is 103 Å². The highest BCUT2D eigenvalue weighted by atomic mass is 16.7. The number of benzene rings is 2. The van der Waals surface area contributed by atoms with Gasteiger partial charge in [0.15, 0.2) is 5.78 Å². The summed E-state index contributed by atoms with van der Waals surface area (Å²) in [5.41, 5.74) is 1.66. The van der Waals surface area contributed by atoms with Crippen LogP contribution in [0.5, 0.6) is 17.2 Å². The fourth-order valence-corrected chi connectivity index (χ4v) is 3.13. The van der Waals surface area contributed by atoms with E-state index < -0.39 is 5.41 Å². The Hall–Kier alpha value is -3.54. The van der Waals surface area contributed by atoms with Crippen molar-refractivity contribution in [3.05, 3.63) is 71.8 Å². The van der Waals surface area contributed by atoms with Crippen molar-refractivity contribution in [2.45, 2.75) is 67.1 Å². The Morgan fingerprint density at radius 1 is 0.944 bits per heavy atom. The van der Waals surface area contributed by atoms with Gasteiger partial charge in [-0.3, -0.25) is 9.59 Å². The average molecular weight is 495 g/mol. The molecule has 2 aromatic rings. The van der Waals surface area contributed by atoms with Gasteiger partial charge < -0.3 is 18.9 Å². The van der Waals surface area contributed by atoms with Gasteiger partial charge in [0.05, 0.1) is 17.6 Å². The second kappa shape index (κ2) is 13.0. The van der Waals surface area contributed by atoms with Crippen molar-refractivity contribution in [1.82, 2.24) is 0 Å². The van der Waals surface area contributed by atoms with E-state index in [9.17, 15) is 9.59 Å². The van der Waals surface area contributed by atoms with Crippen LogP contribution in [0.1, 0.15) is 70.0 Å². The van der Waals surface area contributed by atoms with Crippen molar-refractivity contribution in [3.8, 4) is 17.2 Å². The number of rotatable bonds is 12. The highest BCUT2D eigenvalue weighted by Gasteiger charge is 2.23. The first-order valence-corrected chi connectivity index (χ1v) is 12.1. The van der Waals surface area contributed by atoms with Crippen LogP contribution in [0.2, 0.25) is 0 Å². The number of hydrogen-bond donors (Lipinski definition) is 0. The van der Waals surface area contributed by atoms with E-state index in [1.807, 2.05) is 45.9 Å². The molecule has 0 unspecified atom stereocenters. The van der Waals surface area contributed by atoms with E-state index in [0.717, 1.165) is 16.9 Å². The Kier molecular flexibility index (Phi) is 10.3. The molecular formula is C30H38O6. The number of carbonyl (C=O) groups excluding carboxylic acids is 2. The van der Waals surface area contributed by atoms with E-state index in [0.29, 0.717) is 23.5 Å². The molecule has 2 aromatic carbocycles. The van der Waals surface area contributed by atoms with Crippen LogP contribution in [-0.2, 0) is 16.0 Å². The molecule has 0 fully saturated rings. The molecule has 0 bridgehead atoms. The number of hydrogen-bond acceptors (Lipinski definition) is 6. The molecule has 0 heterocycles.